The molecule has 0 aliphatic carbocycles. The van der Waals surface area contributed by atoms with Crippen LogP contribution in [-0.2, 0) is 4.74 Å². The van der Waals surface area contributed by atoms with Crippen LogP contribution in [0.2, 0.25) is 0 Å². The van der Waals surface area contributed by atoms with Crippen molar-refractivity contribution in [3.05, 3.63) is 34.4 Å². The summed E-state index contributed by atoms with van der Waals surface area (Å²) in [7, 11) is 0. The Morgan fingerprint density at radius 2 is 2.37 bits per heavy atom. The number of ketones is 1. The normalized spacial score (nSPS) is 19.1. The van der Waals surface area contributed by atoms with E-state index in [0.29, 0.717) is 6.42 Å². The number of rotatable bonds is 4. The number of carbonyl (C=O) groups is 1. The molecule has 1 N–H and O–H groups in total. The molecule has 0 bridgehead atoms. The highest BCUT2D eigenvalue weighted by Gasteiger charge is 2.18. The molecule has 1 aliphatic heterocycles. The molecule has 0 amide bonds. The zero-order valence-corrected chi connectivity index (χ0v) is 12.2. The number of ether oxygens (including phenoxy) is 1. The predicted octanol–water partition coefficient (Wildman–Crippen LogP) is 4.07. The molecule has 0 radical (unpaired) electrons. The van der Waals surface area contributed by atoms with Crippen LogP contribution in [0.25, 0.3) is 10.9 Å². The summed E-state index contributed by atoms with van der Waals surface area (Å²) in [5.74, 6) is 0.198. The first-order valence-electron chi connectivity index (χ1n) is 6.65. The summed E-state index contributed by atoms with van der Waals surface area (Å²) < 4.78 is 6.57. The molecule has 2 heterocycles. The molecule has 3 rings (SSSR count). The second-order valence-electron chi connectivity index (χ2n) is 4.99. The van der Waals surface area contributed by atoms with Crippen molar-refractivity contribution in [3.8, 4) is 0 Å². The Morgan fingerprint density at radius 3 is 3.16 bits per heavy atom. The van der Waals surface area contributed by atoms with Crippen LogP contribution < -0.4 is 0 Å². The second kappa shape index (κ2) is 5.47. The summed E-state index contributed by atoms with van der Waals surface area (Å²) in [6, 6.07) is 5.94. The summed E-state index contributed by atoms with van der Waals surface area (Å²) >= 11 is 3.43. The Bertz CT molecular complexity index is 599. The van der Waals surface area contributed by atoms with Crippen LogP contribution in [0.5, 0.6) is 0 Å². The van der Waals surface area contributed by atoms with Crippen LogP contribution in [0, 0.1) is 0 Å². The van der Waals surface area contributed by atoms with E-state index in [2.05, 4.69) is 20.9 Å². The first kappa shape index (κ1) is 12.9. The van der Waals surface area contributed by atoms with Gasteiger partial charge in [0.25, 0.3) is 0 Å². The number of hydrogen-bond acceptors (Lipinski definition) is 2. The topological polar surface area (TPSA) is 42.1 Å². The van der Waals surface area contributed by atoms with E-state index in [0.717, 1.165) is 46.8 Å². The molecule has 1 aromatic heterocycles. The van der Waals surface area contributed by atoms with E-state index in [1.54, 1.807) is 0 Å². The maximum atomic E-state index is 12.3. The van der Waals surface area contributed by atoms with Crippen molar-refractivity contribution >= 4 is 32.6 Å². The maximum absolute atomic E-state index is 12.3. The molecule has 1 saturated heterocycles. The Kier molecular flexibility index (Phi) is 3.71. The summed E-state index contributed by atoms with van der Waals surface area (Å²) in [6.07, 6.45) is 5.71. The standard InChI is InChI=1S/C15H16BrNO2/c16-10-3-5-12-13(9-17-14(12)8-10)15(18)6-4-11-2-1-7-19-11/h3,5,8-9,11,17H,1-2,4,6-7H2. The minimum Gasteiger partial charge on any atom is -0.378 e. The van der Waals surface area contributed by atoms with Gasteiger partial charge in [-0.25, -0.2) is 0 Å². The number of nitrogens with one attached hydrogen (secondary N) is 1. The zero-order chi connectivity index (χ0) is 13.2. The van der Waals surface area contributed by atoms with Crippen LogP contribution in [0.4, 0.5) is 0 Å². The predicted molar refractivity (Wildman–Crippen MR) is 78.5 cm³/mol. The van der Waals surface area contributed by atoms with Crippen LogP contribution in [0.3, 0.4) is 0 Å². The first-order chi connectivity index (χ1) is 9.24. The van der Waals surface area contributed by atoms with Crippen molar-refractivity contribution < 1.29 is 9.53 Å². The fourth-order valence-electron chi connectivity index (χ4n) is 2.63. The molecule has 0 spiro atoms. The van der Waals surface area contributed by atoms with Gasteiger partial charge in [0.2, 0.25) is 0 Å². The smallest absolute Gasteiger partial charge is 0.165 e. The average molecular weight is 322 g/mol. The van der Waals surface area contributed by atoms with Crippen LogP contribution in [0.1, 0.15) is 36.0 Å². The highest BCUT2D eigenvalue weighted by molar-refractivity contribution is 9.10. The molecular formula is C15H16BrNO2. The van der Waals surface area contributed by atoms with Crippen molar-refractivity contribution in [2.24, 2.45) is 0 Å². The lowest BCUT2D eigenvalue weighted by Crippen LogP contribution is -2.08. The van der Waals surface area contributed by atoms with Crippen molar-refractivity contribution in [2.45, 2.75) is 31.8 Å². The number of Topliss-reactive ketones (excluding diaryl/α,β-unsaturated/α-hetero) is 1. The molecule has 3 nitrogen and oxygen atoms in total. The minimum absolute atomic E-state index is 0.198. The van der Waals surface area contributed by atoms with E-state index in [9.17, 15) is 4.79 Å². The van der Waals surface area contributed by atoms with Gasteiger partial charge < -0.3 is 9.72 Å². The van der Waals surface area contributed by atoms with Crippen molar-refractivity contribution in [1.82, 2.24) is 4.98 Å². The van der Waals surface area contributed by atoms with E-state index >= 15 is 0 Å². The van der Waals surface area contributed by atoms with E-state index in [-0.39, 0.29) is 11.9 Å². The quantitative estimate of drug-likeness (QED) is 0.862. The molecule has 1 atom stereocenters. The third-order valence-electron chi connectivity index (χ3n) is 3.66. The number of benzene rings is 1. The summed E-state index contributed by atoms with van der Waals surface area (Å²) in [5, 5.41) is 1.00. The van der Waals surface area contributed by atoms with Crippen molar-refractivity contribution in [1.29, 1.82) is 0 Å². The average Bonchev–Trinajstić information content (AvgIpc) is 3.04. The molecule has 1 aromatic carbocycles. The van der Waals surface area contributed by atoms with Gasteiger partial charge in [-0.3, -0.25) is 4.79 Å². The molecule has 2 aromatic rings. The van der Waals surface area contributed by atoms with E-state index in [4.69, 9.17) is 4.74 Å². The largest absolute Gasteiger partial charge is 0.378 e. The number of aromatic nitrogens is 1. The van der Waals surface area contributed by atoms with Crippen molar-refractivity contribution in [2.75, 3.05) is 6.61 Å². The van der Waals surface area contributed by atoms with Gasteiger partial charge in [-0.05, 0) is 31.4 Å². The summed E-state index contributed by atoms with van der Waals surface area (Å²) in [5.41, 5.74) is 1.79. The second-order valence-corrected chi connectivity index (χ2v) is 5.90. The van der Waals surface area contributed by atoms with Gasteiger partial charge >= 0.3 is 0 Å². The monoisotopic (exact) mass is 321 g/mol. The molecular weight excluding hydrogens is 306 g/mol. The van der Waals surface area contributed by atoms with E-state index < -0.39 is 0 Å². The molecule has 0 saturated carbocycles. The van der Waals surface area contributed by atoms with Crippen LogP contribution in [0.15, 0.2) is 28.9 Å². The lowest BCUT2D eigenvalue weighted by atomic mass is 10.0. The Balaban J connectivity index is 1.74. The number of carbonyl (C=O) groups excluding carboxylic acids is 1. The Labute approximate surface area is 120 Å². The van der Waals surface area contributed by atoms with Gasteiger partial charge in [0.05, 0.1) is 6.10 Å². The number of H-pyrrole nitrogens is 1. The number of fused-ring (bicyclic) bond motifs is 1. The van der Waals surface area contributed by atoms with Gasteiger partial charge in [0, 0.05) is 40.2 Å². The van der Waals surface area contributed by atoms with Gasteiger partial charge in [-0.15, -0.1) is 0 Å². The Hall–Kier alpha value is -1.13. The van der Waals surface area contributed by atoms with Gasteiger partial charge in [0.1, 0.15) is 0 Å². The fourth-order valence-corrected chi connectivity index (χ4v) is 2.99. The first-order valence-corrected chi connectivity index (χ1v) is 7.45. The van der Waals surface area contributed by atoms with Crippen molar-refractivity contribution in [3.63, 3.8) is 0 Å². The van der Waals surface area contributed by atoms with Gasteiger partial charge in [-0.2, -0.15) is 0 Å². The Morgan fingerprint density at radius 1 is 1.47 bits per heavy atom. The molecule has 100 valence electrons. The summed E-state index contributed by atoms with van der Waals surface area (Å²) in [6.45, 7) is 0.847. The van der Waals surface area contributed by atoms with E-state index in [1.165, 1.54) is 0 Å². The SMILES string of the molecule is O=C(CCC1CCCO1)c1c[nH]c2cc(Br)ccc12. The zero-order valence-electron chi connectivity index (χ0n) is 10.6. The van der Waals surface area contributed by atoms with Crippen LogP contribution in [-0.4, -0.2) is 23.5 Å². The molecule has 4 heteroatoms. The molecule has 19 heavy (non-hydrogen) atoms. The fraction of sp³-hybridized carbons (Fsp3) is 0.400. The molecule has 1 aliphatic rings. The number of halogens is 1. The van der Waals surface area contributed by atoms with Crippen LogP contribution >= 0.6 is 15.9 Å². The van der Waals surface area contributed by atoms with Gasteiger partial charge in [-0.1, -0.05) is 22.0 Å². The third-order valence-corrected chi connectivity index (χ3v) is 4.15. The number of aromatic amines is 1. The summed E-state index contributed by atoms with van der Waals surface area (Å²) in [4.78, 5) is 15.4. The number of hydrogen-bond donors (Lipinski definition) is 1. The highest BCUT2D eigenvalue weighted by Crippen LogP contribution is 2.24. The minimum atomic E-state index is 0.198. The maximum Gasteiger partial charge on any atom is 0.165 e. The third kappa shape index (κ3) is 2.74. The van der Waals surface area contributed by atoms with E-state index in [1.807, 2.05) is 24.4 Å². The highest BCUT2D eigenvalue weighted by atomic mass is 79.9. The lowest BCUT2D eigenvalue weighted by molar-refractivity contribution is 0.0860. The lowest BCUT2D eigenvalue weighted by Gasteiger charge is -2.07. The molecule has 1 unspecified atom stereocenters. The van der Waals surface area contributed by atoms with Gasteiger partial charge in [0.15, 0.2) is 5.78 Å². The molecule has 1 fully saturated rings.